The first-order valence-electron chi connectivity index (χ1n) is 7.64. The summed E-state index contributed by atoms with van der Waals surface area (Å²) in [6, 6.07) is 0. The molecule has 0 aliphatic rings. The minimum Gasteiger partial charge on any atom is -0.353 e. The summed E-state index contributed by atoms with van der Waals surface area (Å²) in [6.45, 7) is 14.9. The average Bonchev–Trinajstić information content (AvgIpc) is 2.47. The SMILES string of the molecule is C=C/C(C)=C\C/C=C/CC(C)C=O.CCOC(C)OCC. The van der Waals surface area contributed by atoms with Crippen LogP contribution >= 0.6 is 0 Å². The summed E-state index contributed by atoms with van der Waals surface area (Å²) in [5.74, 6) is 0.140. The Morgan fingerprint density at radius 3 is 2.14 bits per heavy atom. The summed E-state index contributed by atoms with van der Waals surface area (Å²) in [5, 5.41) is 0. The Kier molecular flexibility index (Phi) is 17.7. The molecule has 21 heavy (non-hydrogen) atoms. The molecule has 0 rings (SSSR count). The van der Waals surface area contributed by atoms with Crippen molar-refractivity contribution in [3.05, 3.63) is 36.5 Å². The zero-order valence-corrected chi connectivity index (χ0v) is 14.3. The number of carbonyl (C=O) groups excluding carboxylic acids is 1. The average molecular weight is 296 g/mol. The van der Waals surface area contributed by atoms with Gasteiger partial charge in [-0.2, -0.15) is 0 Å². The molecule has 1 atom stereocenters. The van der Waals surface area contributed by atoms with Crippen molar-refractivity contribution in [2.24, 2.45) is 5.92 Å². The normalized spacial score (nSPS) is 13.0. The van der Waals surface area contributed by atoms with Gasteiger partial charge in [-0.3, -0.25) is 0 Å². The van der Waals surface area contributed by atoms with E-state index in [-0.39, 0.29) is 12.2 Å². The predicted molar refractivity (Wildman–Crippen MR) is 90.3 cm³/mol. The van der Waals surface area contributed by atoms with Crippen LogP contribution in [0.5, 0.6) is 0 Å². The maximum Gasteiger partial charge on any atom is 0.154 e. The van der Waals surface area contributed by atoms with Crippen LogP contribution in [0.15, 0.2) is 36.5 Å². The van der Waals surface area contributed by atoms with Gasteiger partial charge in [-0.25, -0.2) is 0 Å². The van der Waals surface area contributed by atoms with E-state index in [0.29, 0.717) is 0 Å². The zero-order valence-electron chi connectivity index (χ0n) is 14.3. The maximum absolute atomic E-state index is 10.3. The van der Waals surface area contributed by atoms with Gasteiger partial charge in [0.05, 0.1) is 0 Å². The molecule has 1 unspecified atom stereocenters. The molecule has 0 aliphatic heterocycles. The fourth-order valence-corrected chi connectivity index (χ4v) is 1.32. The van der Waals surface area contributed by atoms with Gasteiger partial charge < -0.3 is 14.3 Å². The Balaban J connectivity index is 0. The molecular weight excluding hydrogens is 264 g/mol. The van der Waals surface area contributed by atoms with Crippen molar-refractivity contribution in [3.8, 4) is 0 Å². The largest absolute Gasteiger partial charge is 0.353 e. The summed E-state index contributed by atoms with van der Waals surface area (Å²) in [5.41, 5.74) is 1.19. The van der Waals surface area contributed by atoms with Crippen LogP contribution in [0.25, 0.3) is 0 Å². The number of hydrogen-bond acceptors (Lipinski definition) is 3. The molecule has 0 aliphatic carbocycles. The van der Waals surface area contributed by atoms with Crippen molar-refractivity contribution in [2.45, 2.75) is 53.8 Å². The highest BCUT2D eigenvalue weighted by atomic mass is 16.7. The van der Waals surface area contributed by atoms with Gasteiger partial charge in [0.2, 0.25) is 0 Å². The molecule has 0 aromatic carbocycles. The lowest BCUT2D eigenvalue weighted by molar-refractivity contribution is -0.123. The molecule has 0 saturated carbocycles. The van der Waals surface area contributed by atoms with Gasteiger partial charge in [0.25, 0.3) is 0 Å². The minimum absolute atomic E-state index is 0.0370. The monoisotopic (exact) mass is 296 g/mol. The molecule has 0 saturated heterocycles. The van der Waals surface area contributed by atoms with Gasteiger partial charge in [0.15, 0.2) is 6.29 Å². The van der Waals surface area contributed by atoms with Crippen molar-refractivity contribution in [3.63, 3.8) is 0 Å². The molecule has 0 aromatic heterocycles. The van der Waals surface area contributed by atoms with E-state index in [4.69, 9.17) is 9.47 Å². The van der Waals surface area contributed by atoms with E-state index in [1.807, 2.05) is 46.8 Å². The number of aldehydes is 1. The third-order valence-electron chi connectivity index (χ3n) is 2.61. The third kappa shape index (κ3) is 18.8. The van der Waals surface area contributed by atoms with Gasteiger partial charge in [0, 0.05) is 19.1 Å². The van der Waals surface area contributed by atoms with Crippen LogP contribution in [-0.2, 0) is 14.3 Å². The second kappa shape index (κ2) is 16.9. The van der Waals surface area contributed by atoms with Crippen LogP contribution in [0.3, 0.4) is 0 Å². The minimum atomic E-state index is -0.0370. The van der Waals surface area contributed by atoms with Gasteiger partial charge >= 0.3 is 0 Å². The number of ether oxygens (including phenoxy) is 2. The fourth-order valence-electron chi connectivity index (χ4n) is 1.32. The molecule has 0 spiro atoms. The Morgan fingerprint density at radius 2 is 1.71 bits per heavy atom. The summed E-state index contributed by atoms with van der Waals surface area (Å²) in [7, 11) is 0. The molecule has 0 amide bonds. The van der Waals surface area contributed by atoms with Crippen molar-refractivity contribution >= 4 is 6.29 Å². The van der Waals surface area contributed by atoms with Crippen LogP contribution < -0.4 is 0 Å². The van der Waals surface area contributed by atoms with E-state index in [2.05, 4.69) is 18.7 Å². The third-order valence-corrected chi connectivity index (χ3v) is 2.61. The van der Waals surface area contributed by atoms with Gasteiger partial charge in [-0.15, -0.1) is 0 Å². The Morgan fingerprint density at radius 1 is 1.14 bits per heavy atom. The number of rotatable bonds is 10. The Labute approximate surface area is 130 Å². The second-order valence-electron chi connectivity index (χ2n) is 4.69. The van der Waals surface area contributed by atoms with E-state index in [9.17, 15) is 4.79 Å². The highest BCUT2D eigenvalue weighted by Crippen LogP contribution is 2.01. The predicted octanol–water partition coefficient (Wildman–Crippen LogP) is 4.70. The first kappa shape index (κ1) is 22.1. The lowest BCUT2D eigenvalue weighted by atomic mass is 10.1. The molecule has 122 valence electrons. The fraction of sp³-hybridized carbons (Fsp3) is 0.611. The van der Waals surface area contributed by atoms with E-state index in [1.165, 1.54) is 5.57 Å². The van der Waals surface area contributed by atoms with Crippen LogP contribution in [0.1, 0.15) is 47.5 Å². The van der Waals surface area contributed by atoms with Gasteiger partial charge in [-0.05, 0) is 40.5 Å². The molecule has 3 nitrogen and oxygen atoms in total. The Bertz CT molecular complexity index is 300. The lowest BCUT2D eigenvalue weighted by Gasteiger charge is -2.09. The molecule has 0 fully saturated rings. The summed E-state index contributed by atoms with van der Waals surface area (Å²) in [6.07, 6.45) is 10.8. The van der Waals surface area contributed by atoms with E-state index in [1.54, 1.807) is 0 Å². The quantitative estimate of drug-likeness (QED) is 0.254. The van der Waals surface area contributed by atoms with Crippen molar-refractivity contribution in [1.82, 2.24) is 0 Å². The van der Waals surface area contributed by atoms with E-state index >= 15 is 0 Å². The number of carbonyl (C=O) groups is 1. The summed E-state index contributed by atoms with van der Waals surface area (Å²) < 4.78 is 10.1. The van der Waals surface area contributed by atoms with Crippen LogP contribution in [0.4, 0.5) is 0 Å². The smallest absolute Gasteiger partial charge is 0.154 e. The first-order chi connectivity index (χ1) is 10.0. The zero-order chi connectivity index (χ0) is 16.5. The van der Waals surface area contributed by atoms with Gasteiger partial charge in [-0.1, -0.05) is 43.4 Å². The topological polar surface area (TPSA) is 35.5 Å². The molecule has 0 aromatic rings. The Hall–Kier alpha value is -1.19. The lowest BCUT2D eigenvalue weighted by Crippen LogP contribution is -2.11. The van der Waals surface area contributed by atoms with Crippen LogP contribution in [-0.4, -0.2) is 25.8 Å². The van der Waals surface area contributed by atoms with E-state index < -0.39 is 0 Å². The molecule has 0 heterocycles. The molecule has 0 bridgehead atoms. The molecular formula is C18H32O3. The second-order valence-corrected chi connectivity index (χ2v) is 4.69. The standard InChI is InChI=1S/C12H18O.C6H14O2/c1-4-11(2)8-6-5-7-9-12(3)10-13;1-4-7-6(3)8-5-2/h4-5,7-8,10,12H,1,6,9H2,2-3H3;6H,4-5H2,1-3H3/b7-5+,11-8-;. The van der Waals surface area contributed by atoms with Gasteiger partial charge in [0.1, 0.15) is 6.29 Å². The maximum atomic E-state index is 10.3. The highest BCUT2D eigenvalue weighted by Gasteiger charge is 1.95. The van der Waals surface area contributed by atoms with Crippen molar-refractivity contribution < 1.29 is 14.3 Å². The molecule has 3 heteroatoms. The summed E-state index contributed by atoms with van der Waals surface area (Å²) >= 11 is 0. The number of hydrogen-bond donors (Lipinski definition) is 0. The van der Waals surface area contributed by atoms with Crippen molar-refractivity contribution in [1.29, 1.82) is 0 Å². The van der Waals surface area contributed by atoms with E-state index in [0.717, 1.165) is 32.3 Å². The molecule has 0 N–H and O–H groups in total. The molecule has 0 radical (unpaired) electrons. The number of allylic oxidation sites excluding steroid dienone is 5. The van der Waals surface area contributed by atoms with Crippen LogP contribution in [0.2, 0.25) is 0 Å². The highest BCUT2D eigenvalue weighted by molar-refractivity contribution is 5.52. The van der Waals surface area contributed by atoms with Crippen LogP contribution in [0, 0.1) is 5.92 Å². The first-order valence-corrected chi connectivity index (χ1v) is 7.64. The summed E-state index contributed by atoms with van der Waals surface area (Å²) in [4.78, 5) is 10.3. The van der Waals surface area contributed by atoms with Crippen molar-refractivity contribution in [2.75, 3.05) is 13.2 Å².